The summed E-state index contributed by atoms with van der Waals surface area (Å²) in [4.78, 5) is 12.6. The van der Waals surface area contributed by atoms with Crippen LogP contribution in [0, 0.1) is 11.3 Å². The Kier molecular flexibility index (Phi) is 1.79. The summed E-state index contributed by atoms with van der Waals surface area (Å²) < 4.78 is 4.92. The van der Waals surface area contributed by atoms with Gasteiger partial charge in [0, 0.05) is 0 Å². The van der Waals surface area contributed by atoms with Gasteiger partial charge in [-0.05, 0) is 0 Å². The van der Waals surface area contributed by atoms with Crippen LogP contribution in [-0.4, -0.2) is 22.1 Å². The summed E-state index contributed by atoms with van der Waals surface area (Å²) in [7, 11) is 1.53. The molecule has 0 aliphatic carbocycles. The van der Waals surface area contributed by atoms with E-state index in [2.05, 4.69) is 15.0 Å². The highest BCUT2D eigenvalue weighted by molar-refractivity contribution is 7.19. The minimum atomic E-state index is 0.291. The SMILES string of the molecule is COc1nc2ncc(C#N)nc2s1. The molecule has 0 aromatic carbocycles. The van der Waals surface area contributed by atoms with Crippen LogP contribution in [0.5, 0.6) is 5.19 Å². The van der Waals surface area contributed by atoms with Gasteiger partial charge >= 0.3 is 0 Å². The second-order valence-corrected chi connectivity index (χ2v) is 3.12. The lowest BCUT2D eigenvalue weighted by Crippen LogP contribution is -1.84. The number of rotatable bonds is 1. The molecule has 0 atom stereocenters. The molecule has 6 heteroatoms. The van der Waals surface area contributed by atoms with Crippen molar-refractivity contribution in [1.82, 2.24) is 15.0 Å². The molecule has 13 heavy (non-hydrogen) atoms. The minimum absolute atomic E-state index is 0.291. The number of thiazole rings is 1. The fourth-order valence-corrected chi connectivity index (χ4v) is 1.56. The molecule has 0 fully saturated rings. The van der Waals surface area contributed by atoms with E-state index in [0.717, 1.165) is 0 Å². The zero-order chi connectivity index (χ0) is 9.26. The summed E-state index contributed by atoms with van der Waals surface area (Å²) in [6.45, 7) is 0. The lowest BCUT2D eigenvalue weighted by molar-refractivity contribution is 0.413. The minimum Gasteiger partial charge on any atom is -0.473 e. The second kappa shape index (κ2) is 2.95. The molecular formula is C7H4N4OS. The highest BCUT2D eigenvalue weighted by Gasteiger charge is 2.06. The van der Waals surface area contributed by atoms with Crippen LogP contribution >= 0.6 is 11.3 Å². The lowest BCUT2D eigenvalue weighted by Gasteiger charge is -1.84. The van der Waals surface area contributed by atoms with Crippen molar-refractivity contribution in [3.8, 4) is 11.3 Å². The standard InChI is InChI=1S/C7H4N4OS/c1-12-7-11-5-6(13-7)10-4(2-8)3-9-5/h3H,1H3. The average molecular weight is 192 g/mol. The summed E-state index contributed by atoms with van der Waals surface area (Å²) in [5.74, 6) is 0. The molecule has 0 radical (unpaired) electrons. The molecule has 64 valence electrons. The third-order valence-electron chi connectivity index (χ3n) is 1.39. The fourth-order valence-electron chi connectivity index (χ4n) is 0.844. The maximum atomic E-state index is 8.56. The predicted molar refractivity (Wildman–Crippen MR) is 46.5 cm³/mol. The van der Waals surface area contributed by atoms with Gasteiger partial charge < -0.3 is 4.74 Å². The summed E-state index contributed by atoms with van der Waals surface area (Å²) in [6.07, 6.45) is 1.39. The second-order valence-electron chi connectivity index (χ2n) is 2.18. The number of hydrogen-bond donors (Lipinski definition) is 0. The van der Waals surface area contributed by atoms with Crippen LogP contribution in [0.3, 0.4) is 0 Å². The molecule has 2 rings (SSSR count). The first-order chi connectivity index (χ1) is 6.33. The number of ether oxygens (including phenoxy) is 1. The fraction of sp³-hybridized carbons (Fsp3) is 0.143. The van der Waals surface area contributed by atoms with Gasteiger partial charge in [0.2, 0.25) is 0 Å². The van der Waals surface area contributed by atoms with Gasteiger partial charge in [-0.2, -0.15) is 10.2 Å². The molecule has 5 nitrogen and oxygen atoms in total. The zero-order valence-electron chi connectivity index (χ0n) is 6.68. The lowest BCUT2D eigenvalue weighted by atomic mass is 10.5. The molecule has 0 saturated carbocycles. The van der Waals surface area contributed by atoms with E-state index >= 15 is 0 Å². The van der Waals surface area contributed by atoms with Crippen LogP contribution in [0.15, 0.2) is 6.20 Å². The Morgan fingerprint density at radius 2 is 2.38 bits per heavy atom. The third-order valence-corrected chi connectivity index (χ3v) is 2.29. The average Bonchev–Trinajstić information content (AvgIpc) is 2.58. The van der Waals surface area contributed by atoms with Crippen molar-refractivity contribution in [3.63, 3.8) is 0 Å². The first-order valence-electron chi connectivity index (χ1n) is 3.41. The van der Waals surface area contributed by atoms with Gasteiger partial charge in [0.05, 0.1) is 13.3 Å². The number of methoxy groups -OCH3 is 1. The maximum Gasteiger partial charge on any atom is 0.277 e. The van der Waals surface area contributed by atoms with Crippen molar-refractivity contribution >= 4 is 21.8 Å². The Hall–Kier alpha value is -1.74. The number of aromatic nitrogens is 3. The van der Waals surface area contributed by atoms with E-state index in [1.54, 1.807) is 0 Å². The van der Waals surface area contributed by atoms with Gasteiger partial charge in [-0.3, -0.25) is 0 Å². The summed E-state index contributed by atoms with van der Waals surface area (Å²) in [6, 6.07) is 1.91. The highest BCUT2D eigenvalue weighted by Crippen LogP contribution is 2.23. The monoisotopic (exact) mass is 192 g/mol. The molecule has 2 aromatic rings. The van der Waals surface area contributed by atoms with E-state index < -0.39 is 0 Å². The molecule has 0 aliphatic rings. The van der Waals surface area contributed by atoms with Crippen LogP contribution in [0.25, 0.3) is 10.5 Å². The third kappa shape index (κ3) is 1.29. The molecule has 0 aliphatic heterocycles. The highest BCUT2D eigenvalue weighted by atomic mass is 32.1. The summed E-state index contributed by atoms with van der Waals surface area (Å²) in [5.41, 5.74) is 0.805. The largest absolute Gasteiger partial charge is 0.473 e. The van der Waals surface area contributed by atoms with Gasteiger partial charge in [-0.25, -0.2) is 9.97 Å². The Labute approximate surface area is 77.6 Å². The smallest absolute Gasteiger partial charge is 0.277 e. The van der Waals surface area contributed by atoms with E-state index in [-0.39, 0.29) is 0 Å². The van der Waals surface area contributed by atoms with Crippen LogP contribution in [-0.2, 0) is 0 Å². The Balaban J connectivity index is 2.65. The molecule has 0 amide bonds. The van der Waals surface area contributed by atoms with E-state index in [1.165, 1.54) is 24.6 Å². The normalized spacial score (nSPS) is 9.85. The van der Waals surface area contributed by atoms with Gasteiger partial charge in [-0.1, -0.05) is 11.3 Å². The number of nitriles is 1. The van der Waals surface area contributed by atoms with E-state index in [1.807, 2.05) is 6.07 Å². The maximum absolute atomic E-state index is 8.56. The first-order valence-corrected chi connectivity index (χ1v) is 4.23. The summed E-state index contributed by atoms with van der Waals surface area (Å²) in [5, 5.41) is 9.07. The van der Waals surface area contributed by atoms with Crippen molar-refractivity contribution < 1.29 is 4.74 Å². The van der Waals surface area contributed by atoms with Gasteiger partial charge in [0.1, 0.15) is 6.07 Å². The number of nitrogens with zero attached hydrogens (tertiary/aromatic N) is 4. The van der Waals surface area contributed by atoms with Gasteiger partial charge in [0.25, 0.3) is 5.19 Å². The number of hydrogen-bond acceptors (Lipinski definition) is 6. The van der Waals surface area contributed by atoms with E-state index in [4.69, 9.17) is 10.00 Å². The summed E-state index contributed by atoms with van der Waals surface area (Å²) >= 11 is 1.27. The number of fused-ring (bicyclic) bond motifs is 1. The Morgan fingerprint density at radius 1 is 1.54 bits per heavy atom. The van der Waals surface area contributed by atoms with Crippen LogP contribution in [0.1, 0.15) is 5.69 Å². The molecule has 0 unspecified atom stereocenters. The first kappa shape index (κ1) is 7.89. The Bertz CT molecular complexity index is 487. The topological polar surface area (TPSA) is 71.7 Å². The molecular weight excluding hydrogens is 188 g/mol. The molecule has 0 saturated heterocycles. The van der Waals surface area contributed by atoms with E-state index in [0.29, 0.717) is 21.4 Å². The van der Waals surface area contributed by atoms with Crippen molar-refractivity contribution in [2.75, 3.05) is 7.11 Å². The quantitative estimate of drug-likeness (QED) is 0.673. The van der Waals surface area contributed by atoms with Crippen LogP contribution in [0.2, 0.25) is 0 Å². The van der Waals surface area contributed by atoms with Crippen molar-refractivity contribution in [2.24, 2.45) is 0 Å². The molecule has 0 N–H and O–H groups in total. The van der Waals surface area contributed by atoms with Crippen LogP contribution < -0.4 is 4.74 Å². The van der Waals surface area contributed by atoms with Crippen molar-refractivity contribution in [2.45, 2.75) is 0 Å². The van der Waals surface area contributed by atoms with E-state index in [9.17, 15) is 0 Å². The molecule has 2 heterocycles. The molecule has 0 spiro atoms. The zero-order valence-corrected chi connectivity index (χ0v) is 7.50. The van der Waals surface area contributed by atoms with Crippen molar-refractivity contribution in [1.29, 1.82) is 5.26 Å². The molecule has 0 bridgehead atoms. The van der Waals surface area contributed by atoms with Crippen LogP contribution in [0.4, 0.5) is 0 Å². The Morgan fingerprint density at radius 3 is 3.08 bits per heavy atom. The van der Waals surface area contributed by atoms with Gasteiger partial charge in [-0.15, -0.1) is 0 Å². The molecule has 2 aromatic heterocycles. The van der Waals surface area contributed by atoms with Gasteiger partial charge in [0.15, 0.2) is 16.2 Å². The van der Waals surface area contributed by atoms with Crippen molar-refractivity contribution in [3.05, 3.63) is 11.9 Å². The predicted octanol–water partition coefficient (Wildman–Crippen LogP) is 0.967.